The summed E-state index contributed by atoms with van der Waals surface area (Å²) in [6, 6.07) is 3.87. The number of nitrogens with zero attached hydrogens (tertiary/aromatic N) is 2. The highest BCUT2D eigenvalue weighted by Gasteiger charge is 2.19. The second kappa shape index (κ2) is 11.9. The molecule has 148 valence electrons. The van der Waals surface area contributed by atoms with Gasteiger partial charge < -0.3 is 24.4 Å². The van der Waals surface area contributed by atoms with Crippen molar-refractivity contribution in [3.63, 3.8) is 0 Å². The van der Waals surface area contributed by atoms with Crippen molar-refractivity contribution in [1.82, 2.24) is 10.2 Å². The summed E-state index contributed by atoms with van der Waals surface area (Å²) in [6.45, 7) is 6.11. The number of guanidine groups is 1. The lowest BCUT2D eigenvalue weighted by molar-refractivity contribution is 0.181. The van der Waals surface area contributed by atoms with Crippen LogP contribution in [-0.2, 0) is 11.3 Å². The molecule has 0 bridgehead atoms. The van der Waals surface area contributed by atoms with Crippen molar-refractivity contribution in [2.75, 3.05) is 47.6 Å². The molecule has 1 aliphatic heterocycles. The summed E-state index contributed by atoms with van der Waals surface area (Å²) in [6.07, 6.45) is 1.12. The highest BCUT2D eigenvalue weighted by Crippen LogP contribution is 2.33. The number of halogens is 2. The predicted molar refractivity (Wildman–Crippen MR) is 119 cm³/mol. The van der Waals surface area contributed by atoms with Crippen LogP contribution in [0.25, 0.3) is 0 Å². The van der Waals surface area contributed by atoms with Gasteiger partial charge >= 0.3 is 0 Å². The molecule has 0 spiro atoms. The first-order valence-corrected chi connectivity index (χ1v) is 9.35. The van der Waals surface area contributed by atoms with Crippen molar-refractivity contribution < 1.29 is 14.2 Å². The molecular weight excluding hydrogens is 513 g/mol. The summed E-state index contributed by atoms with van der Waals surface area (Å²) in [5, 5.41) is 3.36. The van der Waals surface area contributed by atoms with E-state index in [0.717, 1.165) is 48.7 Å². The summed E-state index contributed by atoms with van der Waals surface area (Å²) in [5.74, 6) is 2.88. The molecule has 1 N–H and O–H groups in total. The molecule has 0 radical (unpaired) electrons. The van der Waals surface area contributed by atoms with Crippen molar-refractivity contribution in [3.05, 3.63) is 22.2 Å². The van der Waals surface area contributed by atoms with Gasteiger partial charge in [0.25, 0.3) is 0 Å². The van der Waals surface area contributed by atoms with Crippen LogP contribution in [0.15, 0.2) is 21.6 Å². The molecular formula is C18H29BrIN3O3. The normalized spacial score (nSPS) is 16.8. The molecule has 1 unspecified atom stereocenters. The first-order valence-electron chi connectivity index (χ1n) is 8.56. The van der Waals surface area contributed by atoms with Gasteiger partial charge in [0.2, 0.25) is 0 Å². The number of ether oxygens (including phenoxy) is 3. The number of nitrogens with one attached hydrogen (secondary N) is 1. The molecule has 1 fully saturated rings. The largest absolute Gasteiger partial charge is 0.493 e. The monoisotopic (exact) mass is 541 g/mol. The number of hydrogen-bond donors (Lipinski definition) is 1. The maximum Gasteiger partial charge on any atom is 0.193 e. The van der Waals surface area contributed by atoms with Crippen molar-refractivity contribution in [3.8, 4) is 11.5 Å². The molecule has 0 aromatic heterocycles. The minimum Gasteiger partial charge on any atom is -0.493 e. The Bertz CT molecular complexity index is 595. The maximum atomic E-state index is 5.47. The van der Waals surface area contributed by atoms with Crippen molar-refractivity contribution >= 4 is 45.9 Å². The van der Waals surface area contributed by atoms with Gasteiger partial charge in [0.15, 0.2) is 17.5 Å². The van der Waals surface area contributed by atoms with Gasteiger partial charge in [-0.2, -0.15) is 0 Å². The van der Waals surface area contributed by atoms with E-state index >= 15 is 0 Å². The maximum absolute atomic E-state index is 5.47. The van der Waals surface area contributed by atoms with Crippen LogP contribution in [-0.4, -0.2) is 58.4 Å². The van der Waals surface area contributed by atoms with E-state index in [4.69, 9.17) is 19.2 Å². The predicted octanol–water partition coefficient (Wildman–Crippen LogP) is 3.52. The third-order valence-electron chi connectivity index (χ3n) is 4.20. The van der Waals surface area contributed by atoms with Crippen molar-refractivity contribution in [2.45, 2.75) is 19.9 Å². The van der Waals surface area contributed by atoms with E-state index in [1.54, 1.807) is 14.2 Å². The molecule has 1 heterocycles. The lowest BCUT2D eigenvalue weighted by atomic mass is 10.1. The van der Waals surface area contributed by atoms with Gasteiger partial charge in [-0.15, -0.1) is 24.0 Å². The average molecular weight is 542 g/mol. The number of benzene rings is 1. The molecule has 1 aliphatic rings. The van der Waals surface area contributed by atoms with E-state index in [-0.39, 0.29) is 24.0 Å². The highest BCUT2D eigenvalue weighted by molar-refractivity contribution is 14.0. The minimum absolute atomic E-state index is 0. The zero-order valence-electron chi connectivity index (χ0n) is 15.9. The smallest absolute Gasteiger partial charge is 0.193 e. The van der Waals surface area contributed by atoms with E-state index in [0.29, 0.717) is 24.0 Å². The fourth-order valence-corrected chi connectivity index (χ4v) is 3.30. The molecule has 8 heteroatoms. The summed E-state index contributed by atoms with van der Waals surface area (Å²) in [5.41, 5.74) is 1.05. The average Bonchev–Trinajstić information content (AvgIpc) is 3.11. The quantitative estimate of drug-likeness (QED) is 0.325. The molecule has 0 aliphatic carbocycles. The van der Waals surface area contributed by atoms with E-state index in [2.05, 4.69) is 40.1 Å². The lowest BCUT2D eigenvalue weighted by Gasteiger charge is -2.24. The van der Waals surface area contributed by atoms with Crippen LogP contribution in [0.4, 0.5) is 0 Å². The van der Waals surface area contributed by atoms with Crippen LogP contribution in [0.1, 0.15) is 18.9 Å². The van der Waals surface area contributed by atoms with Gasteiger partial charge in [0.1, 0.15) is 0 Å². The number of rotatable bonds is 7. The highest BCUT2D eigenvalue weighted by atomic mass is 127. The van der Waals surface area contributed by atoms with Crippen molar-refractivity contribution in [1.29, 1.82) is 0 Å². The molecule has 6 nitrogen and oxygen atoms in total. The molecule has 1 aromatic carbocycles. The van der Waals surface area contributed by atoms with Crippen LogP contribution >= 0.6 is 39.9 Å². The van der Waals surface area contributed by atoms with Crippen LogP contribution in [0.5, 0.6) is 11.5 Å². The summed E-state index contributed by atoms with van der Waals surface area (Å²) < 4.78 is 17.1. The summed E-state index contributed by atoms with van der Waals surface area (Å²) >= 11 is 3.59. The molecule has 0 amide bonds. The Kier molecular flexibility index (Phi) is 10.6. The zero-order chi connectivity index (χ0) is 18.2. The Morgan fingerprint density at radius 1 is 1.35 bits per heavy atom. The van der Waals surface area contributed by atoms with E-state index in [1.165, 1.54) is 0 Å². The fraction of sp³-hybridized carbons (Fsp3) is 0.611. The van der Waals surface area contributed by atoms with Gasteiger partial charge in [-0.3, -0.25) is 0 Å². The number of aliphatic imine (C=N–C) groups is 1. The second-order valence-electron chi connectivity index (χ2n) is 6.08. The van der Waals surface area contributed by atoms with E-state index in [9.17, 15) is 0 Å². The Morgan fingerprint density at radius 2 is 2.04 bits per heavy atom. The Morgan fingerprint density at radius 3 is 2.62 bits per heavy atom. The lowest BCUT2D eigenvalue weighted by Crippen LogP contribution is -2.41. The fourth-order valence-electron chi connectivity index (χ4n) is 2.85. The Labute approximate surface area is 181 Å². The standard InChI is InChI=1S/C18H28BrN3O3.HI/c1-5-20-18(22(2)11-13-6-7-25-12-13)21-10-14-8-16(23-3)17(24-4)9-15(14)19;/h8-9,13H,5-7,10-12H2,1-4H3,(H,20,21);1H. The SMILES string of the molecule is CCNC(=NCc1cc(OC)c(OC)cc1Br)N(C)CC1CCOC1.I. The minimum atomic E-state index is 0. The summed E-state index contributed by atoms with van der Waals surface area (Å²) in [4.78, 5) is 6.96. The summed E-state index contributed by atoms with van der Waals surface area (Å²) in [7, 11) is 5.34. The van der Waals surface area contributed by atoms with Crippen molar-refractivity contribution in [2.24, 2.45) is 10.9 Å². The molecule has 1 aromatic rings. The molecule has 0 saturated carbocycles. The van der Waals surface area contributed by atoms with Gasteiger partial charge in [0, 0.05) is 37.1 Å². The third kappa shape index (κ3) is 6.45. The molecule has 1 atom stereocenters. The number of methoxy groups -OCH3 is 2. The van der Waals surface area contributed by atoms with Crippen LogP contribution < -0.4 is 14.8 Å². The second-order valence-corrected chi connectivity index (χ2v) is 6.93. The first-order chi connectivity index (χ1) is 12.1. The van der Waals surface area contributed by atoms with E-state index < -0.39 is 0 Å². The third-order valence-corrected chi connectivity index (χ3v) is 4.94. The zero-order valence-corrected chi connectivity index (χ0v) is 19.8. The molecule has 26 heavy (non-hydrogen) atoms. The molecule has 1 saturated heterocycles. The van der Waals surface area contributed by atoms with Crippen LogP contribution in [0.3, 0.4) is 0 Å². The number of hydrogen-bond acceptors (Lipinski definition) is 4. The van der Waals surface area contributed by atoms with Gasteiger partial charge in [-0.25, -0.2) is 4.99 Å². The topological polar surface area (TPSA) is 55.3 Å². The Balaban J connectivity index is 0.00000338. The van der Waals surface area contributed by atoms with E-state index in [1.807, 2.05) is 12.1 Å². The van der Waals surface area contributed by atoms with Gasteiger partial charge in [-0.1, -0.05) is 15.9 Å². The van der Waals surface area contributed by atoms with Crippen LogP contribution in [0.2, 0.25) is 0 Å². The first kappa shape index (κ1) is 23.3. The molecule has 2 rings (SSSR count). The van der Waals surface area contributed by atoms with Gasteiger partial charge in [-0.05, 0) is 31.0 Å². The Hall–Kier alpha value is -0.740. The van der Waals surface area contributed by atoms with Gasteiger partial charge in [0.05, 0.1) is 27.4 Å². The van der Waals surface area contributed by atoms with Crippen LogP contribution in [0, 0.1) is 5.92 Å².